The van der Waals surface area contributed by atoms with Crippen LogP contribution in [0.3, 0.4) is 0 Å². The van der Waals surface area contributed by atoms with Crippen molar-refractivity contribution in [2.24, 2.45) is 0 Å². The van der Waals surface area contributed by atoms with Gasteiger partial charge in [-0.2, -0.15) is 11.8 Å². The first-order valence-corrected chi connectivity index (χ1v) is 10.1. The summed E-state index contributed by atoms with van der Waals surface area (Å²) < 4.78 is 16.7. The van der Waals surface area contributed by atoms with Crippen molar-refractivity contribution < 1.29 is 18.4 Å². The van der Waals surface area contributed by atoms with Crippen molar-refractivity contribution in [3.8, 4) is 5.75 Å². The summed E-state index contributed by atoms with van der Waals surface area (Å²) in [7, 11) is 1.59. The van der Waals surface area contributed by atoms with Crippen LogP contribution in [0.1, 0.15) is 22.4 Å². The predicted molar refractivity (Wildman–Crippen MR) is 105 cm³/mol. The number of furan rings is 2. The fraction of sp³-hybridized carbons (Fsp3) is 0.350. The molecule has 3 aromatic rings. The Balaban J connectivity index is 1.49. The molecule has 1 aromatic carbocycles. The number of carbonyl (C=O) groups is 1. The van der Waals surface area contributed by atoms with Crippen molar-refractivity contribution in [3.05, 3.63) is 54.2 Å². The summed E-state index contributed by atoms with van der Waals surface area (Å²) in [6.45, 7) is 2.42. The number of benzene rings is 1. The minimum Gasteiger partial charge on any atom is -0.493 e. The molecule has 4 rings (SSSR count). The second-order valence-corrected chi connectivity index (χ2v) is 7.60. The first-order valence-electron chi connectivity index (χ1n) is 8.96. The third kappa shape index (κ3) is 3.84. The molecule has 1 amide bonds. The molecule has 1 fully saturated rings. The molecule has 1 atom stereocenters. The van der Waals surface area contributed by atoms with E-state index in [-0.39, 0.29) is 17.7 Å². The molecular weight excluding hydrogens is 364 g/mol. The number of carbonyl (C=O) groups excluding carboxylic acids is 1. The van der Waals surface area contributed by atoms with Crippen LogP contribution in [0.5, 0.6) is 5.75 Å². The topological polar surface area (TPSA) is 67.8 Å². The summed E-state index contributed by atoms with van der Waals surface area (Å²) in [5.74, 6) is 3.71. The van der Waals surface area contributed by atoms with Gasteiger partial charge in [-0.3, -0.25) is 9.69 Å². The molecular formula is C20H22N2O4S. The first kappa shape index (κ1) is 18.0. The van der Waals surface area contributed by atoms with Crippen LogP contribution < -0.4 is 10.1 Å². The van der Waals surface area contributed by atoms with E-state index in [1.54, 1.807) is 19.4 Å². The van der Waals surface area contributed by atoms with E-state index in [4.69, 9.17) is 13.6 Å². The summed E-state index contributed by atoms with van der Waals surface area (Å²) in [5, 5.41) is 3.84. The van der Waals surface area contributed by atoms with Crippen molar-refractivity contribution in [1.82, 2.24) is 10.2 Å². The molecule has 0 saturated carbocycles. The van der Waals surface area contributed by atoms with Crippen LogP contribution in [-0.2, 0) is 0 Å². The van der Waals surface area contributed by atoms with E-state index in [1.165, 1.54) is 0 Å². The second kappa shape index (κ2) is 8.10. The quantitative estimate of drug-likeness (QED) is 0.699. The zero-order valence-electron chi connectivity index (χ0n) is 15.1. The molecule has 0 bridgehead atoms. The SMILES string of the molecule is COc1cccc2cc(C(=O)NC[C@@H](c3ccco3)N3CCSCC3)oc12. The molecule has 1 N–H and O–H groups in total. The zero-order chi connectivity index (χ0) is 18.6. The van der Waals surface area contributed by atoms with Gasteiger partial charge in [0.2, 0.25) is 0 Å². The molecule has 2 aromatic heterocycles. The third-order valence-electron chi connectivity index (χ3n) is 4.77. The zero-order valence-corrected chi connectivity index (χ0v) is 16.0. The number of thioether (sulfide) groups is 1. The number of nitrogens with one attached hydrogen (secondary N) is 1. The van der Waals surface area contributed by atoms with Crippen molar-refractivity contribution in [3.63, 3.8) is 0 Å². The van der Waals surface area contributed by atoms with E-state index < -0.39 is 0 Å². The van der Waals surface area contributed by atoms with Gasteiger partial charge >= 0.3 is 0 Å². The van der Waals surface area contributed by atoms with E-state index in [0.717, 1.165) is 35.7 Å². The van der Waals surface area contributed by atoms with Crippen molar-refractivity contribution in [1.29, 1.82) is 0 Å². The molecule has 0 unspecified atom stereocenters. The summed E-state index contributed by atoms with van der Waals surface area (Å²) in [5.41, 5.74) is 0.584. The molecule has 27 heavy (non-hydrogen) atoms. The number of hydrogen-bond acceptors (Lipinski definition) is 6. The smallest absolute Gasteiger partial charge is 0.287 e. The third-order valence-corrected chi connectivity index (χ3v) is 5.71. The van der Waals surface area contributed by atoms with Gasteiger partial charge in [-0.15, -0.1) is 0 Å². The number of amides is 1. The highest BCUT2D eigenvalue weighted by Crippen LogP contribution is 2.29. The van der Waals surface area contributed by atoms with Gasteiger partial charge in [0, 0.05) is 36.5 Å². The Bertz CT molecular complexity index is 900. The summed E-state index contributed by atoms with van der Waals surface area (Å²) in [6.07, 6.45) is 1.67. The van der Waals surface area contributed by atoms with Crippen LogP contribution >= 0.6 is 11.8 Å². The molecule has 0 spiro atoms. The minimum absolute atomic E-state index is 0.0174. The van der Waals surface area contributed by atoms with E-state index in [9.17, 15) is 4.79 Å². The summed E-state index contributed by atoms with van der Waals surface area (Å²) in [6, 6.07) is 11.2. The highest BCUT2D eigenvalue weighted by atomic mass is 32.2. The number of rotatable bonds is 6. The standard InChI is InChI=1S/C20H22N2O4S/c1-24-17-5-2-4-14-12-18(26-19(14)17)20(23)21-13-15(16-6-3-9-25-16)22-7-10-27-11-8-22/h2-6,9,12,15H,7-8,10-11,13H2,1H3,(H,21,23)/t15-/m0/s1. The average molecular weight is 386 g/mol. The number of fused-ring (bicyclic) bond motifs is 1. The maximum absolute atomic E-state index is 12.7. The normalized spacial score (nSPS) is 16.3. The lowest BCUT2D eigenvalue weighted by molar-refractivity contribution is 0.0904. The van der Waals surface area contributed by atoms with Gasteiger partial charge in [0.25, 0.3) is 5.91 Å². The van der Waals surface area contributed by atoms with Gasteiger partial charge in [-0.25, -0.2) is 0 Å². The highest BCUT2D eigenvalue weighted by Gasteiger charge is 2.26. The maximum Gasteiger partial charge on any atom is 0.287 e. The number of nitrogens with zero attached hydrogens (tertiary/aromatic N) is 1. The lowest BCUT2D eigenvalue weighted by Gasteiger charge is -2.33. The Morgan fingerprint density at radius 3 is 2.89 bits per heavy atom. The molecule has 0 radical (unpaired) electrons. The lowest BCUT2D eigenvalue weighted by Crippen LogP contribution is -2.41. The molecule has 1 saturated heterocycles. The molecule has 6 nitrogen and oxygen atoms in total. The fourth-order valence-electron chi connectivity index (χ4n) is 3.37. The molecule has 3 heterocycles. The molecule has 1 aliphatic heterocycles. The highest BCUT2D eigenvalue weighted by molar-refractivity contribution is 7.99. The van der Waals surface area contributed by atoms with Crippen LogP contribution in [0.15, 0.2) is 51.5 Å². The van der Waals surface area contributed by atoms with Gasteiger partial charge in [-0.1, -0.05) is 12.1 Å². The Morgan fingerprint density at radius 1 is 1.30 bits per heavy atom. The van der Waals surface area contributed by atoms with Crippen molar-refractivity contribution in [2.45, 2.75) is 6.04 Å². The Labute approximate surface area is 161 Å². The van der Waals surface area contributed by atoms with Crippen molar-refractivity contribution in [2.75, 3.05) is 38.2 Å². The van der Waals surface area contributed by atoms with Crippen LogP contribution in [0.4, 0.5) is 0 Å². The van der Waals surface area contributed by atoms with Crippen molar-refractivity contribution >= 4 is 28.6 Å². The number of para-hydroxylation sites is 1. The van der Waals surface area contributed by atoms with Crippen LogP contribution in [0, 0.1) is 0 Å². The van der Waals surface area contributed by atoms with E-state index in [0.29, 0.717) is 17.9 Å². The fourth-order valence-corrected chi connectivity index (χ4v) is 4.30. The average Bonchev–Trinajstić information content (AvgIpc) is 3.38. The number of ether oxygens (including phenoxy) is 1. The predicted octanol–water partition coefficient (Wildman–Crippen LogP) is 3.55. The summed E-state index contributed by atoms with van der Waals surface area (Å²) in [4.78, 5) is 15.0. The second-order valence-electron chi connectivity index (χ2n) is 6.38. The molecule has 142 valence electrons. The summed E-state index contributed by atoms with van der Waals surface area (Å²) >= 11 is 1.95. The van der Waals surface area contributed by atoms with Crippen LogP contribution in [0.2, 0.25) is 0 Å². The van der Waals surface area contributed by atoms with E-state index >= 15 is 0 Å². The lowest BCUT2D eigenvalue weighted by atomic mass is 10.1. The largest absolute Gasteiger partial charge is 0.493 e. The number of hydrogen-bond donors (Lipinski definition) is 1. The molecule has 1 aliphatic rings. The molecule has 7 heteroatoms. The van der Waals surface area contributed by atoms with E-state index in [1.807, 2.05) is 42.1 Å². The van der Waals surface area contributed by atoms with Gasteiger partial charge in [0.05, 0.1) is 19.4 Å². The van der Waals surface area contributed by atoms with Gasteiger partial charge in [0.1, 0.15) is 5.76 Å². The van der Waals surface area contributed by atoms with E-state index in [2.05, 4.69) is 10.2 Å². The number of methoxy groups -OCH3 is 1. The molecule has 0 aliphatic carbocycles. The Kier molecular flexibility index (Phi) is 5.40. The van der Waals surface area contributed by atoms with Crippen LogP contribution in [0.25, 0.3) is 11.0 Å². The Morgan fingerprint density at radius 2 is 2.15 bits per heavy atom. The maximum atomic E-state index is 12.7. The Hall–Kier alpha value is -2.38. The van der Waals surface area contributed by atoms with Gasteiger partial charge < -0.3 is 18.9 Å². The minimum atomic E-state index is -0.240. The van der Waals surface area contributed by atoms with Gasteiger partial charge in [-0.05, 0) is 24.3 Å². The van der Waals surface area contributed by atoms with Gasteiger partial charge in [0.15, 0.2) is 17.1 Å². The van der Waals surface area contributed by atoms with Crippen LogP contribution in [-0.4, -0.2) is 49.1 Å². The monoisotopic (exact) mass is 386 g/mol. The first-order chi connectivity index (χ1) is 13.3.